The topological polar surface area (TPSA) is 437 Å². The van der Waals surface area contributed by atoms with Gasteiger partial charge in [-0.25, -0.2) is 4.79 Å². The van der Waals surface area contributed by atoms with Crippen molar-refractivity contribution >= 4 is 99.6 Å². The molecule has 10 atom stereocenters. The summed E-state index contributed by atoms with van der Waals surface area (Å²) in [4.78, 5) is 182. The SMILES string of the molecule is CC[C@H](C)[C@@H]1NC(=O)CNC(=O)[C@@H]2Cc3c([nH]c4cc(OC)ccc34)SC[C@H](NC(=O)CNC1=O)C(=O)N[C@@H](CC(N)=O)C(=O)N1C[C@H](OC(=O)NCCCCCCNC(=O)CCCCCN3C(=O)C=CC3=O)CC1C(=O)N[C@@H]([C@@H](C)[C@@H](O)CO)C(=O)N2. The van der Waals surface area contributed by atoms with Crippen LogP contribution in [-0.4, -0.2) is 209 Å². The van der Waals surface area contributed by atoms with Crippen LogP contribution in [-0.2, 0) is 68.7 Å². The van der Waals surface area contributed by atoms with Gasteiger partial charge in [0, 0.05) is 74.2 Å². The summed E-state index contributed by atoms with van der Waals surface area (Å²) in [6, 6.07) is -4.73. The number of thioether (sulfide) groups is 1. The van der Waals surface area contributed by atoms with Crippen molar-refractivity contribution in [2.45, 2.75) is 151 Å². The molecule has 13 amide bonds. The van der Waals surface area contributed by atoms with Crippen LogP contribution in [0.15, 0.2) is 35.4 Å². The maximum atomic E-state index is 14.9. The zero-order valence-electron chi connectivity index (χ0n) is 49.7. The number of hydrogen-bond donors (Lipinski definition) is 13. The highest BCUT2D eigenvalue weighted by molar-refractivity contribution is 7.99. The number of methoxy groups -OCH3 is 1. The summed E-state index contributed by atoms with van der Waals surface area (Å²) < 4.78 is 11.2. The molecular weight excluding hydrogens is 1170 g/mol. The lowest BCUT2D eigenvalue weighted by atomic mass is 9.93. The average Bonchev–Trinajstić information content (AvgIpc) is 2.59. The lowest BCUT2D eigenvalue weighted by Gasteiger charge is -2.32. The Labute approximate surface area is 511 Å². The Morgan fingerprint density at radius 1 is 0.773 bits per heavy atom. The van der Waals surface area contributed by atoms with Crippen LogP contribution in [0.5, 0.6) is 5.75 Å². The first-order valence-electron chi connectivity index (χ1n) is 29.5. The summed E-state index contributed by atoms with van der Waals surface area (Å²) in [5, 5.41) is 45.4. The molecule has 1 aromatic carbocycles. The van der Waals surface area contributed by atoms with Gasteiger partial charge in [0.05, 0.1) is 56.4 Å². The van der Waals surface area contributed by atoms with Gasteiger partial charge in [0.1, 0.15) is 48.1 Å². The summed E-state index contributed by atoms with van der Waals surface area (Å²) in [6.45, 7) is 2.80. The van der Waals surface area contributed by atoms with Gasteiger partial charge in [0.25, 0.3) is 11.8 Å². The molecule has 482 valence electrons. The predicted octanol–water partition coefficient (Wildman–Crippen LogP) is -2.74. The lowest BCUT2D eigenvalue weighted by Crippen LogP contribution is -2.62. The highest BCUT2D eigenvalue weighted by Gasteiger charge is 2.46. The summed E-state index contributed by atoms with van der Waals surface area (Å²) in [6.07, 6.45) is 2.01. The van der Waals surface area contributed by atoms with E-state index < -0.39 is 159 Å². The van der Waals surface area contributed by atoms with E-state index in [1.807, 2.05) is 0 Å². The second kappa shape index (κ2) is 33.1. The molecule has 0 radical (unpaired) electrons. The highest BCUT2D eigenvalue weighted by Crippen LogP contribution is 2.34. The standard InChI is InChI=1S/C57H81N13O17S/c1-5-30(2)48-53(82)62-25-44(75)63-39-29-88-55-35(34-15-14-32(86-4)21-36(34)66-55)23-37(50(79)61-26-45(76)67-48)64-54(83)49(31(3)41(72)28-71)68-52(81)40-22-33(27-70(40)56(84)38(24-42(58)73)65-51(39)80)87-57(85)60-19-11-7-6-10-18-59-43(74)13-9-8-12-20-69-46(77)16-17-47(69)78/h14-17,21,30-31,33,37-41,48-49,66,71-72H,5-13,18-20,22-29H2,1-4H3,(H2,58,73)(H,59,74)(H,60,85)(H,61,79)(H,62,82)(H,63,75)(H,64,83)(H,65,80)(H,67,76)(H,68,81)/t30-,31-,33+,37-,38-,39-,40?,41-,48-,49-/m0/s1. The third kappa shape index (κ3) is 19.3. The number of aliphatic hydroxyl groups excluding tert-OH is 2. The summed E-state index contributed by atoms with van der Waals surface area (Å²) in [7, 11) is 1.44. The van der Waals surface area contributed by atoms with Crippen molar-refractivity contribution in [1.29, 1.82) is 0 Å². The van der Waals surface area contributed by atoms with Gasteiger partial charge in [0.15, 0.2) is 0 Å². The third-order valence-corrected chi connectivity index (χ3v) is 16.9. The molecule has 2 aromatic rings. The number of carbonyl (C=O) groups is 13. The van der Waals surface area contributed by atoms with Crippen LogP contribution in [0.25, 0.3) is 10.9 Å². The number of nitrogens with two attached hydrogens (primary N) is 1. The second-order valence-electron chi connectivity index (χ2n) is 22.2. The highest BCUT2D eigenvalue weighted by atomic mass is 32.2. The number of carbonyl (C=O) groups excluding carboxylic acids is 13. The van der Waals surface area contributed by atoms with Gasteiger partial charge >= 0.3 is 6.09 Å². The van der Waals surface area contributed by atoms with Gasteiger partial charge < -0.3 is 83.2 Å². The van der Waals surface area contributed by atoms with Crippen molar-refractivity contribution in [3.05, 3.63) is 35.9 Å². The fraction of sp³-hybridized carbons (Fsp3) is 0.596. The van der Waals surface area contributed by atoms with E-state index in [0.29, 0.717) is 98.1 Å². The molecule has 14 N–H and O–H groups in total. The first kappa shape index (κ1) is 68.8. The van der Waals surface area contributed by atoms with Gasteiger partial charge in [-0.3, -0.25) is 62.4 Å². The summed E-state index contributed by atoms with van der Waals surface area (Å²) >= 11 is 0.971. The van der Waals surface area contributed by atoms with Crippen LogP contribution >= 0.6 is 11.8 Å². The quantitative estimate of drug-likeness (QED) is 0.0420. The maximum Gasteiger partial charge on any atom is 0.407 e. The van der Waals surface area contributed by atoms with Crippen LogP contribution in [0.1, 0.15) is 97.0 Å². The first-order valence-corrected chi connectivity index (χ1v) is 30.5. The van der Waals surface area contributed by atoms with Gasteiger partial charge in [-0.1, -0.05) is 46.5 Å². The maximum absolute atomic E-state index is 14.9. The van der Waals surface area contributed by atoms with Crippen molar-refractivity contribution in [3.63, 3.8) is 0 Å². The van der Waals surface area contributed by atoms with Crippen molar-refractivity contribution in [3.8, 4) is 5.75 Å². The monoisotopic (exact) mass is 1250 g/mol. The molecule has 0 aliphatic carbocycles. The molecule has 4 aliphatic rings. The minimum Gasteiger partial charge on any atom is -0.497 e. The van der Waals surface area contributed by atoms with Crippen molar-refractivity contribution in [1.82, 2.24) is 62.6 Å². The van der Waals surface area contributed by atoms with E-state index in [2.05, 4.69) is 52.8 Å². The Balaban J connectivity index is 1.24. The second-order valence-corrected chi connectivity index (χ2v) is 23.2. The molecule has 88 heavy (non-hydrogen) atoms. The molecular formula is C57H81N13O17S. The zero-order valence-corrected chi connectivity index (χ0v) is 50.5. The van der Waals surface area contributed by atoms with Gasteiger partial charge in [-0.15, -0.1) is 11.8 Å². The Bertz CT molecular complexity index is 2940. The molecule has 4 aliphatic heterocycles. The van der Waals surface area contributed by atoms with E-state index in [-0.39, 0.29) is 36.4 Å². The normalized spacial score (nSPS) is 23.7. The number of imide groups is 1. The summed E-state index contributed by atoms with van der Waals surface area (Å²) in [5.41, 5.74) is 6.51. The van der Waals surface area contributed by atoms with Gasteiger partial charge in [-0.2, -0.15) is 0 Å². The number of primary amides is 1. The number of nitrogens with one attached hydrogen (secondary N) is 10. The molecule has 2 bridgehead atoms. The molecule has 1 saturated heterocycles. The number of alkyl carbamates (subject to hydrolysis) is 1. The molecule has 5 heterocycles. The van der Waals surface area contributed by atoms with Crippen LogP contribution < -0.4 is 58.3 Å². The Morgan fingerprint density at radius 2 is 1.44 bits per heavy atom. The van der Waals surface area contributed by atoms with E-state index in [0.717, 1.165) is 21.6 Å². The van der Waals surface area contributed by atoms with Crippen molar-refractivity contribution in [2.24, 2.45) is 17.6 Å². The van der Waals surface area contributed by atoms with E-state index in [1.165, 1.54) is 26.2 Å². The molecule has 31 heteroatoms. The van der Waals surface area contributed by atoms with E-state index >= 15 is 0 Å². The number of unbranched alkanes of at least 4 members (excludes halogenated alkanes) is 5. The number of aliphatic hydroxyl groups is 2. The molecule has 1 aromatic heterocycles. The Hall–Kier alpha value is -8.32. The minimum atomic E-state index is -1.84. The van der Waals surface area contributed by atoms with Crippen molar-refractivity contribution in [2.75, 3.05) is 58.7 Å². The largest absolute Gasteiger partial charge is 0.497 e. The summed E-state index contributed by atoms with van der Waals surface area (Å²) in [5.74, 6) is -11.3. The van der Waals surface area contributed by atoms with Gasteiger partial charge in [-0.05, 0) is 49.3 Å². The molecule has 0 spiro atoms. The first-order chi connectivity index (χ1) is 42.0. The molecule has 1 fully saturated rings. The van der Waals surface area contributed by atoms with Crippen LogP contribution in [0, 0.1) is 11.8 Å². The smallest absolute Gasteiger partial charge is 0.407 e. The van der Waals surface area contributed by atoms with E-state index in [9.17, 15) is 72.5 Å². The van der Waals surface area contributed by atoms with E-state index in [1.54, 1.807) is 32.0 Å². The number of aromatic amines is 1. The number of aromatic nitrogens is 1. The molecule has 30 nitrogen and oxygen atoms in total. The van der Waals surface area contributed by atoms with Crippen molar-refractivity contribution < 1.29 is 82.0 Å². The third-order valence-electron chi connectivity index (χ3n) is 15.7. The number of hydrogen-bond acceptors (Lipinski definition) is 18. The number of nitrogens with zero attached hydrogens (tertiary/aromatic N) is 2. The number of H-pyrrole nitrogens is 1. The van der Waals surface area contributed by atoms with Crippen LogP contribution in [0.3, 0.4) is 0 Å². The van der Waals surface area contributed by atoms with E-state index in [4.69, 9.17) is 15.2 Å². The minimum absolute atomic E-state index is 0.125. The van der Waals surface area contributed by atoms with Gasteiger partial charge in [0.2, 0.25) is 59.1 Å². The van der Waals surface area contributed by atoms with Crippen LogP contribution in [0.4, 0.5) is 4.79 Å². The fourth-order valence-electron chi connectivity index (χ4n) is 10.4. The average molecular weight is 1250 g/mol. The Morgan fingerprint density at radius 3 is 2.11 bits per heavy atom. The lowest BCUT2D eigenvalue weighted by molar-refractivity contribution is -0.144. The van der Waals surface area contributed by atoms with Crippen LogP contribution in [0.2, 0.25) is 0 Å². The molecule has 6 rings (SSSR count). The number of rotatable bonds is 22. The number of fused-ring (bicyclic) bond motifs is 5. The number of benzene rings is 1. The molecule has 0 saturated carbocycles. The molecule has 1 unspecified atom stereocenters. The fourth-order valence-corrected chi connectivity index (χ4v) is 11.6. The zero-order chi connectivity index (χ0) is 64.2. The Kier molecular flexibility index (Phi) is 25.9. The predicted molar refractivity (Wildman–Crippen MR) is 315 cm³/mol. The number of amides is 13. The number of ether oxygens (including phenoxy) is 2.